The number of hydrogen-bond donors (Lipinski definition) is 6. The van der Waals surface area contributed by atoms with Crippen LogP contribution in [0.15, 0.2) is 48.6 Å². The van der Waals surface area contributed by atoms with E-state index in [1.165, 1.54) is 135 Å². The molecule has 7 atom stereocenters. The van der Waals surface area contributed by atoms with Crippen LogP contribution < -0.4 is 5.32 Å². The Morgan fingerprint density at radius 1 is 0.574 bits per heavy atom. The summed E-state index contributed by atoms with van der Waals surface area (Å²) in [5.41, 5.74) is 0. The van der Waals surface area contributed by atoms with Gasteiger partial charge in [0.15, 0.2) is 6.29 Å². The number of unbranched alkanes of at least 4 members (excludes halogenated alkanes) is 26. The SMILES string of the molecule is CC/C=C\C/C=C\C/C=C\CCCCCC(=O)NC(COC1OC(CO)C(O)C(O)C1O)C(O)/C=C/CCCCCCCCCCCCCCCCCCCCCCCCC. The predicted molar refractivity (Wildman–Crippen MR) is 253 cm³/mol. The first-order valence-corrected chi connectivity index (χ1v) is 25.4. The van der Waals surface area contributed by atoms with E-state index in [2.05, 4.69) is 55.6 Å². The van der Waals surface area contributed by atoms with E-state index in [0.29, 0.717) is 6.42 Å². The lowest BCUT2D eigenvalue weighted by molar-refractivity contribution is -0.302. The average molecular weight is 862 g/mol. The first-order chi connectivity index (χ1) is 29.8. The second kappa shape index (κ2) is 42.1. The molecule has 0 aromatic heterocycles. The number of aliphatic hydroxyl groups excluding tert-OH is 5. The van der Waals surface area contributed by atoms with E-state index in [-0.39, 0.29) is 12.5 Å². The molecule has 1 aliphatic rings. The standard InChI is InChI=1S/C52H95NO8/c1-3-5-7-9-11-13-15-17-18-19-20-21-22-23-24-25-26-27-28-30-31-33-35-37-39-41-46(55)45(44-60-52-51(59)50(58)49(57)47(43-54)61-52)53-48(56)42-40-38-36-34-32-29-16-14-12-10-8-6-4-2/h6,8,12,14,29,32,39,41,45-47,49-52,54-55,57-59H,3-5,7,9-11,13,15-28,30-31,33-38,40,42-44H2,1-2H3,(H,53,56)/b8-6-,14-12-,32-29-,41-39+. The summed E-state index contributed by atoms with van der Waals surface area (Å²) >= 11 is 0. The zero-order valence-corrected chi connectivity index (χ0v) is 39.2. The Kier molecular flexibility index (Phi) is 39.5. The third-order valence-corrected chi connectivity index (χ3v) is 11.9. The predicted octanol–water partition coefficient (Wildman–Crippen LogP) is 11.4. The minimum atomic E-state index is -1.57. The molecule has 0 saturated carbocycles. The number of aliphatic hydroxyl groups is 5. The van der Waals surface area contributed by atoms with Crippen molar-refractivity contribution in [1.29, 1.82) is 0 Å². The summed E-state index contributed by atoms with van der Waals surface area (Å²) in [5.74, 6) is -0.206. The topological polar surface area (TPSA) is 149 Å². The Hall–Kier alpha value is -1.85. The van der Waals surface area contributed by atoms with E-state index in [9.17, 15) is 30.3 Å². The lowest BCUT2D eigenvalue weighted by atomic mass is 9.99. The fourth-order valence-corrected chi connectivity index (χ4v) is 7.88. The van der Waals surface area contributed by atoms with E-state index in [0.717, 1.165) is 64.2 Å². The average Bonchev–Trinajstić information content (AvgIpc) is 3.26. The molecule has 7 unspecified atom stereocenters. The third-order valence-electron chi connectivity index (χ3n) is 11.9. The number of rotatable bonds is 42. The summed E-state index contributed by atoms with van der Waals surface area (Å²) in [6.45, 7) is 3.65. The van der Waals surface area contributed by atoms with Crippen LogP contribution in [0.5, 0.6) is 0 Å². The van der Waals surface area contributed by atoms with Gasteiger partial charge in [-0.25, -0.2) is 0 Å². The molecule has 0 radical (unpaired) electrons. The molecule has 356 valence electrons. The Balaban J connectivity index is 2.26. The van der Waals surface area contributed by atoms with Crippen LogP contribution in [0.1, 0.15) is 219 Å². The lowest BCUT2D eigenvalue weighted by Crippen LogP contribution is -2.60. The first-order valence-electron chi connectivity index (χ1n) is 25.4. The van der Waals surface area contributed by atoms with Gasteiger partial charge in [-0.3, -0.25) is 4.79 Å². The summed E-state index contributed by atoms with van der Waals surface area (Å²) in [6, 6.07) is -0.820. The van der Waals surface area contributed by atoms with Crippen molar-refractivity contribution >= 4 is 5.91 Å². The zero-order chi connectivity index (χ0) is 44.4. The number of hydrogen-bond acceptors (Lipinski definition) is 8. The van der Waals surface area contributed by atoms with Gasteiger partial charge in [-0.05, 0) is 51.4 Å². The van der Waals surface area contributed by atoms with Gasteiger partial charge in [0.1, 0.15) is 24.4 Å². The Morgan fingerprint density at radius 2 is 1.02 bits per heavy atom. The van der Waals surface area contributed by atoms with Crippen molar-refractivity contribution in [2.75, 3.05) is 13.2 Å². The van der Waals surface area contributed by atoms with E-state index < -0.39 is 49.5 Å². The number of allylic oxidation sites excluding steroid dienone is 7. The summed E-state index contributed by atoms with van der Waals surface area (Å²) < 4.78 is 11.2. The quantitative estimate of drug-likeness (QED) is 0.0262. The number of amides is 1. The summed E-state index contributed by atoms with van der Waals surface area (Å²) in [4.78, 5) is 12.9. The highest BCUT2D eigenvalue weighted by molar-refractivity contribution is 5.76. The van der Waals surface area contributed by atoms with Gasteiger partial charge < -0.3 is 40.3 Å². The molecule has 0 aromatic carbocycles. The van der Waals surface area contributed by atoms with Gasteiger partial charge in [0.2, 0.25) is 5.91 Å². The van der Waals surface area contributed by atoms with E-state index in [1.54, 1.807) is 6.08 Å². The molecule has 1 rings (SSSR count). The molecule has 1 heterocycles. The van der Waals surface area contributed by atoms with Crippen molar-refractivity contribution in [3.63, 3.8) is 0 Å². The van der Waals surface area contributed by atoms with E-state index >= 15 is 0 Å². The molecule has 9 heteroatoms. The molecule has 0 bridgehead atoms. The summed E-state index contributed by atoms with van der Waals surface area (Å²) in [6.07, 6.45) is 47.5. The van der Waals surface area contributed by atoms with Crippen molar-refractivity contribution in [1.82, 2.24) is 5.32 Å². The van der Waals surface area contributed by atoms with E-state index in [4.69, 9.17) is 9.47 Å². The number of carbonyl (C=O) groups is 1. The van der Waals surface area contributed by atoms with Crippen LogP contribution >= 0.6 is 0 Å². The molecule has 61 heavy (non-hydrogen) atoms. The van der Waals surface area contributed by atoms with Gasteiger partial charge in [0.25, 0.3) is 0 Å². The summed E-state index contributed by atoms with van der Waals surface area (Å²) in [7, 11) is 0. The molecule has 9 nitrogen and oxygen atoms in total. The highest BCUT2D eigenvalue weighted by Crippen LogP contribution is 2.23. The van der Waals surface area contributed by atoms with Gasteiger partial charge in [-0.15, -0.1) is 0 Å². The van der Waals surface area contributed by atoms with Gasteiger partial charge in [0, 0.05) is 6.42 Å². The monoisotopic (exact) mass is 862 g/mol. The third kappa shape index (κ3) is 32.5. The highest BCUT2D eigenvalue weighted by atomic mass is 16.7. The second-order valence-electron chi connectivity index (χ2n) is 17.6. The lowest BCUT2D eigenvalue weighted by Gasteiger charge is -2.40. The van der Waals surface area contributed by atoms with Crippen molar-refractivity contribution < 1.29 is 39.8 Å². The molecule has 6 N–H and O–H groups in total. The maximum absolute atomic E-state index is 12.9. The van der Waals surface area contributed by atoms with Gasteiger partial charge in [-0.2, -0.15) is 0 Å². The van der Waals surface area contributed by atoms with Gasteiger partial charge >= 0.3 is 0 Å². The van der Waals surface area contributed by atoms with Crippen LogP contribution in [0.2, 0.25) is 0 Å². The highest BCUT2D eigenvalue weighted by Gasteiger charge is 2.44. The van der Waals surface area contributed by atoms with Crippen molar-refractivity contribution in [2.45, 2.75) is 262 Å². The molecule has 1 aliphatic heterocycles. The van der Waals surface area contributed by atoms with Gasteiger partial charge in [0.05, 0.1) is 25.4 Å². The van der Waals surface area contributed by atoms with Crippen LogP contribution in [0.25, 0.3) is 0 Å². The van der Waals surface area contributed by atoms with Crippen molar-refractivity contribution in [3.8, 4) is 0 Å². The van der Waals surface area contributed by atoms with E-state index in [1.807, 2.05) is 6.08 Å². The maximum atomic E-state index is 12.9. The molecule has 1 amide bonds. The Morgan fingerprint density at radius 3 is 1.51 bits per heavy atom. The Bertz CT molecular complexity index is 1090. The molecule has 0 aliphatic carbocycles. The molecule has 0 spiro atoms. The fraction of sp³-hybridized carbons (Fsp3) is 0.827. The largest absolute Gasteiger partial charge is 0.394 e. The number of nitrogens with one attached hydrogen (secondary N) is 1. The van der Waals surface area contributed by atoms with Gasteiger partial charge in [-0.1, -0.05) is 210 Å². The minimum absolute atomic E-state index is 0.201. The maximum Gasteiger partial charge on any atom is 0.220 e. The number of carbonyl (C=O) groups excluding carboxylic acids is 1. The van der Waals surface area contributed by atoms with Crippen LogP contribution in [0.3, 0.4) is 0 Å². The van der Waals surface area contributed by atoms with Crippen LogP contribution in [0.4, 0.5) is 0 Å². The molecule has 0 aromatic rings. The zero-order valence-electron chi connectivity index (χ0n) is 39.2. The Labute approximate surface area is 373 Å². The molecular formula is C52H95NO8. The van der Waals surface area contributed by atoms with Crippen LogP contribution in [-0.4, -0.2) is 87.5 Å². The molecular weight excluding hydrogens is 767 g/mol. The second-order valence-corrected chi connectivity index (χ2v) is 17.6. The molecule has 1 saturated heterocycles. The van der Waals surface area contributed by atoms with Crippen molar-refractivity contribution in [3.05, 3.63) is 48.6 Å². The molecule has 1 fully saturated rings. The first kappa shape index (κ1) is 57.2. The fourth-order valence-electron chi connectivity index (χ4n) is 7.88. The smallest absolute Gasteiger partial charge is 0.220 e. The summed E-state index contributed by atoms with van der Waals surface area (Å²) in [5, 5.41) is 54.3. The van der Waals surface area contributed by atoms with Crippen LogP contribution in [0, 0.1) is 0 Å². The van der Waals surface area contributed by atoms with Crippen LogP contribution in [-0.2, 0) is 14.3 Å². The van der Waals surface area contributed by atoms with Crippen molar-refractivity contribution in [2.24, 2.45) is 0 Å². The minimum Gasteiger partial charge on any atom is -0.394 e. The normalized spacial score (nSPS) is 20.8. The number of ether oxygens (including phenoxy) is 2.